The Labute approximate surface area is 53.9 Å². The van der Waals surface area contributed by atoms with Gasteiger partial charge in [-0.15, -0.1) is 0 Å². The summed E-state index contributed by atoms with van der Waals surface area (Å²) < 4.78 is 1.41. The van der Waals surface area contributed by atoms with E-state index in [1.165, 1.54) is 10.4 Å². The molecular formula is C3H6ClHg. The molecule has 0 aliphatic carbocycles. The van der Waals surface area contributed by atoms with Crippen LogP contribution in [0.2, 0.25) is 3.93 Å². The van der Waals surface area contributed by atoms with E-state index in [0.717, 1.165) is 32.0 Å². The van der Waals surface area contributed by atoms with E-state index in [2.05, 4.69) is 0 Å². The van der Waals surface area contributed by atoms with E-state index in [9.17, 15) is 0 Å². The molecule has 0 spiro atoms. The average Bonchev–Trinajstić information content (AvgIpc) is 1.41. The Morgan fingerprint density at radius 2 is 2.20 bits per heavy atom. The Kier molecular flexibility index (Phi) is 6.51. The molecule has 0 bridgehead atoms. The van der Waals surface area contributed by atoms with Crippen LogP contribution in [0, 0.1) is 0 Å². The molecular weight excluding hydrogens is 272 g/mol. The first-order valence-electron chi connectivity index (χ1n) is 1.77. The standard InChI is InChI=1S/C3H6Cl.Hg/c1-2-3-4;/h1-3H2;. The van der Waals surface area contributed by atoms with Crippen molar-refractivity contribution in [1.29, 1.82) is 0 Å². The quantitative estimate of drug-likeness (QED) is 0.531. The summed E-state index contributed by atoms with van der Waals surface area (Å²) in [6.45, 7) is 0. The summed E-state index contributed by atoms with van der Waals surface area (Å²) in [5.74, 6) is 0.865. The molecule has 0 aliphatic heterocycles. The van der Waals surface area contributed by atoms with Crippen molar-refractivity contribution < 1.29 is 26.1 Å². The predicted molar refractivity (Wildman–Crippen MR) is 20.1 cm³/mol. The Bertz CT molecular complexity index is 14.4. The Morgan fingerprint density at radius 1 is 1.60 bits per heavy atom. The van der Waals surface area contributed by atoms with Crippen LogP contribution in [0.3, 0.4) is 0 Å². The van der Waals surface area contributed by atoms with Crippen LogP contribution in [0.5, 0.6) is 0 Å². The molecule has 0 fully saturated rings. The molecule has 0 saturated heterocycles. The second kappa shape index (κ2) is 5.23. The van der Waals surface area contributed by atoms with Gasteiger partial charge in [-0.1, -0.05) is 0 Å². The fourth-order valence-electron chi connectivity index (χ4n) is 0.0945. The van der Waals surface area contributed by atoms with Crippen molar-refractivity contribution in [2.75, 3.05) is 5.88 Å². The Balaban J connectivity index is 2.19. The van der Waals surface area contributed by atoms with E-state index in [-0.39, 0.29) is 0 Å². The van der Waals surface area contributed by atoms with Gasteiger partial charge in [-0.2, -0.15) is 0 Å². The topological polar surface area (TPSA) is 0 Å². The number of hydrogen-bond donors (Lipinski definition) is 0. The van der Waals surface area contributed by atoms with Gasteiger partial charge < -0.3 is 0 Å². The van der Waals surface area contributed by atoms with E-state index in [1.54, 1.807) is 0 Å². The molecule has 0 aromatic heterocycles. The molecule has 0 saturated carbocycles. The molecule has 0 aliphatic rings. The van der Waals surface area contributed by atoms with Crippen LogP contribution in [0.4, 0.5) is 0 Å². The molecule has 0 aromatic carbocycles. The van der Waals surface area contributed by atoms with Gasteiger partial charge in [0.25, 0.3) is 0 Å². The van der Waals surface area contributed by atoms with E-state index in [0.29, 0.717) is 0 Å². The van der Waals surface area contributed by atoms with Gasteiger partial charge in [-0.3, -0.25) is 0 Å². The first kappa shape index (κ1) is 6.23. The summed E-state index contributed by atoms with van der Waals surface area (Å²) in [7, 11) is 0. The zero-order chi connectivity index (χ0) is 4.12. The molecule has 0 heterocycles. The molecule has 0 atom stereocenters. The molecule has 27 valence electrons. The minimum atomic E-state index is 0.865. The summed E-state index contributed by atoms with van der Waals surface area (Å²) in [4.78, 5) is 0. The molecule has 0 aromatic rings. The van der Waals surface area contributed by atoms with Crippen molar-refractivity contribution in [3.8, 4) is 0 Å². The fraction of sp³-hybridized carbons (Fsp3) is 1.00. The second-order valence-electron chi connectivity index (χ2n) is 0.896. The number of hydrogen-bond acceptors (Lipinski definition) is 0. The first-order chi connectivity index (χ1) is 2.41. The van der Waals surface area contributed by atoms with Gasteiger partial charge in [-0.25, -0.2) is 0 Å². The van der Waals surface area contributed by atoms with Crippen molar-refractivity contribution in [2.45, 2.75) is 10.4 Å². The molecule has 5 heavy (non-hydrogen) atoms. The number of alkyl halides is 1. The van der Waals surface area contributed by atoms with Crippen molar-refractivity contribution >= 4 is 11.6 Å². The molecule has 0 rings (SSSR count). The van der Waals surface area contributed by atoms with Gasteiger partial charge in [-0.05, 0) is 0 Å². The van der Waals surface area contributed by atoms with Gasteiger partial charge in [0.05, 0.1) is 0 Å². The summed E-state index contributed by atoms with van der Waals surface area (Å²) in [5.41, 5.74) is 0. The molecule has 2 heteroatoms. The minimum absolute atomic E-state index is 0.865. The van der Waals surface area contributed by atoms with Gasteiger partial charge in [0.15, 0.2) is 0 Å². The maximum absolute atomic E-state index is 5.33. The van der Waals surface area contributed by atoms with Gasteiger partial charge in [0, 0.05) is 0 Å². The summed E-state index contributed by atoms with van der Waals surface area (Å²) >= 11 is 6.32. The van der Waals surface area contributed by atoms with Crippen LogP contribution in [0.25, 0.3) is 0 Å². The monoisotopic (exact) mass is 279 g/mol. The van der Waals surface area contributed by atoms with Gasteiger partial charge >= 0.3 is 54.0 Å². The molecule has 0 unspecified atom stereocenters. The van der Waals surface area contributed by atoms with Crippen molar-refractivity contribution in [3.05, 3.63) is 0 Å². The summed E-state index contributed by atoms with van der Waals surface area (Å²) in [6, 6.07) is 0. The van der Waals surface area contributed by atoms with E-state index < -0.39 is 0 Å². The van der Waals surface area contributed by atoms with E-state index in [4.69, 9.17) is 11.6 Å². The van der Waals surface area contributed by atoms with Crippen LogP contribution >= 0.6 is 11.6 Å². The Hall–Kier alpha value is 1.23. The first-order valence-corrected chi connectivity index (χ1v) is 6.19. The van der Waals surface area contributed by atoms with Gasteiger partial charge in [0.2, 0.25) is 0 Å². The average molecular weight is 278 g/mol. The second-order valence-corrected chi connectivity index (χ2v) is 4.02. The molecule has 0 amide bonds. The fourth-order valence-corrected chi connectivity index (χ4v) is 2.49. The van der Waals surface area contributed by atoms with Crippen LogP contribution in [-0.4, -0.2) is 5.88 Å². The van der Waals surface area contributed by atoms with Crippen LogP contribution in [0.1, 0.15) is 6.42 Å². The van der Waals surface area contributed by atoms with Gasteiger partial charge in [0.1, 0.15) is 0 Å². The van der Waals surface area contributed by atoms with Crippen LogP contribution in [-0.2, 0) is 26.1 Å². The summed E-state index contributed by atoms with van der Waals surface area (Å²) in [6.07, 6.45) is 1.24. The van der Waals surface area contributed by atoms with Crippen molar-refractivity contribution in [2.24, 2.45) is 0 Å². The predicted octanol–water partition coefficient (Wildman–Crippen LogP) is 1.58. The maximum atomic E-state index is 5.33. The zero-order valence-corrected chi connectivity index (χ0v) is 9.46. The van der Waals surface area contributed by atoms with E-state index >= 15 is 0 Å². The Morgan fingerprint density at radius 3 is 2.20 bits per heavy atom. The van der Waals surface area contributed by atoms with E-state index in [1.807, 2.05) is 0 Å². The zero-order valence-electron chi connectivity index (χ0n) is 3.21. The van der Waals surface area contributed by atoms with Crippen LogP contribution in [0.15, 0.2) is 0 Å². The molecule has 0 radical (unpaired) electrons. The summed E-state index contributed by atoms with van der Waals surface area (Å²) in [5, 5.41) is 0. The normalized spacial score (nSPS) is 8.60. The van der Waals surface area contributed by atoms with Crippen molar-refractivity contribution in [3.63, 3.8) is 0 Å². The number of halogens is 1. The number of rotatable bonds is 2. The third-order valence-electron chi connectivity index (χ3n) is 0.384. The molecule has 0 nitrogen and oxygen atoms in total. The van der Waals surface area contributed by atoms with Crippen LogP contribution < -0.4 is 0 Å². The van der Waals surface area contributed by atoms with Crippen molar-refractivity contribution in [1.82, 2.24) is 0 Å². The third kappa shape index (κ3) is 5.23. The third-order valence-corrected chi connectivity index (χ3v) is 2.59. The molecule has 0 N–H and O–H groups in total. The SMILES string of the molecule is ClCC[CH2][Hg].